The first-order chi connectivity index (χ1) is 11.0. The minimum atomic E-state index is -0.381. The lowest BCUT2D eigenvalue weighted by Crippen LogP contribution is -2.39. The second-order valence-electron chi connectivity index (χ2n) is 6.38. The van der Waals surface area contributed by atoms with E-state index in [0.717, 1.165) is 31.5 Å². The van der Waals surface area contributed by atoms with Gasteiger partial charge in [-0.15, -0.1) is 0 Å². The Balaban J connectivity index is 2.13. The lowest BCUT2D eigenvalue weighted by molar-refractivity contribution is 0.123. The molecule has 1 heterocycles. The fraction of sp³-hybridized carbons (Fsp3) is 0.588. The van der Waals surface area contributed by atoms with E-state index >= 15 is 0 Å². The minimum absolute atomic E-state index is 0.119. The van der Waals surface area contributed by atoms with E-state index in [0.29, 0.717) is 28.5 Å². The number of hydrogen-bond donors (Lipinski definition) is 2. The highest BCUT2D eigenvalue weighted by atomic mass is 35.5. The molecular formula is C17H24Cl2N2O2. The molecule has 2 N–H and O–H groups in total. The molecule has 0 bridgehead atoms. The quantitative estimate of drug-likeness (QED) is 0.818. The summed E-state index contributed by atoms with van der Waals surface area (Å²) < 4.78 is 5.28. The van der Waals surface area contributed by atoms with Crippen molar-refractivity contribution in [2.75, 3.05) is 19.7 Å². The molecule has 128 valence electrons. The summed E-state index contributed by atoms with van der Waals surface area (Å²) in [6.45, 7) is 6.33. The first-order valence-electron chi connectivity index (χ1n) is 8.06. The fourth-order valence-electron chi connectivity index (χ4n) is 2.77. The van der Waals surface area contributed by atoms with Gasteiger partial charge in [0, 0.05) is 0 Å². The average molecular weight is 359 g/mol. The molecule has 1 aliphatic rings. The number of carbonyl (C=O) groups excluding carboxylic acids is 1. The molecule has 1 aromatic rings. The van der Waals surface area contributed by atoms with E-state index in [1.54, 1.807) is 6.07 Å². The van der Waals surface area contributed by atoms with Crippen LogP contribution in [0.3, 0.4) is 0 Å². The smallest absolute Gasteiger partial charge is 0.407 e. The molecule has 1 saturated heterocycles. The molecule has 1 atom stereocenters. The van der Waals surface area contributed by atoms with Crippen molar-refractivity contribution in [3.63, 3.8) is 0 Å². The summed E-state index contributed by atoms with van der Waals surface area (Å²) in [6, 6.07) is 5.41. The maximum Gasteiger partial charge on any atom is 0.407 e. The Morgan fingerprint density at radius 3 is 2.61 bits per heavy atom. The van der Waals surface area contributed by atoms with Crippen molar-refractivity contribution in [1.82, 2.24) is 10.6 Å². The van der Waals surface area contributed by atoms with E-state index in [1.807, 2.05) is 26.0 Å². The maximum atomic E-state index is 12.1. The van der Waals surface area contributed by atoms with Crippen molar-refractivity contribution in [1.29, 1.82) is 0 Å². The number of piperidine rings is 1. The number of halogens is 2. The molecule has 1 unspecified atom stereocenters. The predicted octanol–water partition coefficient (Wildman–Crippen LogP) is 4.42. The topological polar surface area (TPSA) is 50.4 Å². The molecule has 6 heteroatoms. The summed E-state index contributed by atoms with van der Waals surface area (Å²) in [5.74, 6) is 0.656. The van der Waals surface area contributed by atoms with Gasteiger partial charge in [0.15, 0.2) is 0 Å². The number of hydrogen-bond acceptors (Lipinski definition) is 3. The van der Waals surface area contributed by atoms with Crippen LogP contribution >= 0.6 is 23.2 Å². The minimum Gasteiger partial charge on any atom is -0.449 e. The van der Waals surface area contributed by atoms with Crippen LogP contribution in [0, 0.1) is 11.8 Å². The Bertz CT molecular complexity index is 531. The van der Waals surface area contributed by atoms with Crippen LogP contribution in [-0.4, -0.2) is 25.8 Å². The van der Waals surface area contributed by atoms with E-state index in [9.17, 15) is 4.79 Å². The number of rotatable bonds is 5. The summed E-state index contributed by atoms with van der Waals surface area (Å²) in [5.41, 5.74) is 0.966. The van der Waals surface area contributed by atoms with E-state index in [-0.39, 0.29) is 12.1 Å². The Labute approximate surface area is 147 Å². The third-order valence-corrected chi connectivity index (χ3v) is 4.72. The molecule has 0 aliphatic carbocycles. The van der Waals surface area contributed by atoms with Crippen LogP contribution in [0.5, 0.6) is 0 Å². The van der Waals surface area contributed by atoms with Crippen LogP contribution in [0.1, 0.15) is 38.3 Å². The van der Waals surface area contributed by atoms with Gasteiger partial charge in [0.1, 0.15) is 0 Å². The maximum absolute atomic E-state index is 12.1. The molecule has 1 fully saturated rings. The Hall–Kier alpha value is -0.970. The normalized spacial score (nSPS) is 17.1. The van der Waals surface area contributed by atoms with Gasteiger partial charge in [0.2, 0.25) is 0 Å². The zero-order valence-corrected chi connectivity index (χ0v) is 15.1. The van der Waals surface area contributed by atoms with Crippen molar-refractivity contribution in [2.45, 2.75) is 32.7 Å². The summed E-state index contributed by atoms with van der Waals surface area (Å²) in [7, 11) is 0. The second-order valence-corrected chi connectivity index (χ2v) is 7.19. The molecule has 0 radical (unpaired) electrons. The molecule has 1 aromatic carbocycles. The van der Waals surface area contributed by atoms with Gasteiger partial charge >= 0.3 is 6.09 Å². The number of carbonyl (C=O) groups is 1. The number of amides is 1. The van der Waals surface area contributed by atoms with Crippen LogP contribution in [0.15, 0.2) is 18.2 Å². The molecule has 1 amide bonds. The van der Waals surface area contributed by atoms with Crippen LogP contribution < -0.4 is 10.6 Å². The highest BCUT2D eigenvalue weighted by Gasteiger charge is 2.27. The largest absolute Gasteiger partial charge is 0.449 e. The van der Waals surface area contributed by atoms with Gasteiger partial charge in [-0.1, -0.05) is 43.1 Å². The number of benzene rings is 1. The first-order valence-corrected chi connectivity index (χ1v) is 8.82. The third-order valence-electron chi connectivity index (χ3n) is 3.98. The zero-order valence-electron chi connectivity index (χ0n) is 13.6. The number of ether oxygens (including phenoxy) is 1. The molecule has 23 heavy (non-hydrogen) atoms. The van der Waals surface area contributed by atoms with Crippen molar-refractivity contribution in [2.24, 2.45) is 11.8 Å². The Kier molecular flexibility index (Phi) is 7.00. The Morgan fingerprint density at radius 2 is 2.00 bits per heavy atom. The molecular weight excluding hydrogens is 335 g/mol. The highest BCUT2D eigenvalue weighted by Crippen LogP contribution is 2.32. The monoisotopic (exact) mass is 358 g/mol. The third kappa shape index (κ3) is 5.55. The van der Waals surface area contributed by atoms with Gasteiger partial charge < -0.3 is 15.4 Å². The van der Waals surface area contributed by atoms with Gasteiger partial charge in [-0.2, -0.15) is 0 Å². The second kappa shape index (κ2) is 8.76. The highest BCUT2D eigenvalue weighted by molar-refractivity contribution is 6.42. The summed E-state index contributed by atoms with van der Waals surface area (Å²) in [6.07, 6.45) is 1.61. The standard InChI is InChI=1S/C17H24Cl2N2O2/c1-11(2)10-23-17(22)21-16(12-5-7-20-8-6-12)13-3-4-14(18)15(19)9-13/h3-4,9,11-12,16,20H,5-8,10H2,1-2H3,(H,21,22). The summed E-state index contributed by atoms with van der Waals surface area (Å²) in [5, 5.41) is 7.37. The number of nitrogens with one attached hydrogen (secondary N) is 2. The van der Waals surface area contributed by atoms with Crippen molar-refractivity contribution >= 4 is 29.3 Å². The fourth-order valence-corrected chi connectivity index (χ4v) is 3.07. The van der Waals surface area contributed by atoms with Crippen molar-refractivity contribution in [3.05, 3.63) is 33.8 Å². The Morgan fingerprint density at radius 1 is 1.30 bits per heavy atom. The van der Waals surface area contributed by atoms with Gasteiger partial charge in [0.05, 0.1) is 22.7 Å². The molecule has 0 spiro atoms. The number of alkyl carbamates (subject to hydrolysis) is 1. The predicted molar refractivity (Wildman–Crippen MR) is 94.1 cm³/mol. The van der Waals surface area contributed by atoms with E-state index in [2.05, 4.69) is 10.6 Å². The van der Waals surface area contributed by atoms with Crippen molar-refractivity contribution in [3.8, 4) is 0 Å². The molecule has 2 rings (SSSR count). The lowest BCUT2D eigenvalue weighted by Gasteiger charge is -2.31. The van der Waals surface area contributed by atoms with E-state index in [1.165, 1.54) is 0 Å². The molecule has 0 aromatic heterocycles. The van der Waals surface area contributed by atoms with Gasteiger partial charge in [-0.05, 0) is 55.5 Å². The molecule has 4 nitrogen and oxygen atoms in total. The van der Waals surface area contributed by atoms with Crippen molar-refractivity contribution < 1.29 is 9.53 Å². The van der Waals surface area contributed by atoms with E-state index in [4.69, 9.17) is 27.9 Å². The SMILES string of the molecule is CC(C)COC(=O)NC(c1ccc(Cl)c(Cl)c1)C1CCNCC1. The summed E-state index contributed by atoms with van der Waals surface area (Å²) in [4.78, 5) is 12.1. The van der Waals surface area contributed by atoms with Crippen LogP contribution in [0.2, 0.25) is 10.0 Å². The van der Waals surface area contributed by atoms with Gasteiger partial charge in [-0.3, -0.25) is 0 Å². The molecule has 0 saturated carbocycles. The lowest BCUT2D eigenvalue weighted by atomic mass is 9.86. The van der Waals surface area contributed by atoms with E-state index < -0.39 is 0 Å². The van der Waals surface area contributed by atoms with Crippen LogP contribution in [-0.2, 0) is 4.74 Å². The molecule has 1 aliphatic heterocycles. The van der Waals surface area contributed by atoms with Gasteiger partial charge in [0.25, 0.3) is 0 Å². The van der Waals surface area contributed by atoms with Crippen LogP contribution in [0.4, 0.5) is 4.79 Å². The van der Waals surface area contributed by atoms with Gasteiger partial charge in [-0.25, -0.2) is 4.79 Å². The van der Waals surface area contributed by atoms with Crippen LogP contribution in [0.25, 0.3) is 0 Å². The average Bonchev–Trinajstić information content (AvgIpc) is 2.54. The first kappa shape index (κ1) is 18.4. The summed E-state index contributed by atoms with van der Waals surface area (Å²) >= 11 is 12.2. The zero-order chi connectivity index (χ0) is 16.8.